The van der Waals surface area contributed by atoms with E-state index in [2.05, 4.69) is 15.4 Å². The van der Waals surface area contributed by atoms with E-state index in [0.29, 0.717) is 34.4 Å². The Morgan fingerprint density at radius 1 is 1.10 bits per heavy atom. The van der Waals surface area contributed by atoms with Crippen LogP contribution in [0, 0.1) is 0 Å². The highest BCUT2D eigenvalue weighted by atomic mass is 35.5. The van der Waals surface area contributed by atoms with Crippen LogP contribution in [0.5, 0.6) is 11.5 Å². The number of benzene rings is 2. The molecule has 2 aromatic heterocycles. The lowest BCUT2D eigenvalue weighted by Gasteiger charge is -2.11. The summed E-state index contributed by atoms with van der Waals surface area (Å²) in [6.07, 6.45) is 1.52. The summed E-state index contributed by atoms with van der Waals surface area (Å²) < 4.78 is 17.1. The number of furan rings is 1. The molecule has 0 amide bonds. The minimum atomic E-state index is -0.395. The fourth-order valence-electron chi connectivity index (χ4n) is 2.99. The summed E-state index contributed by atoms with van der Waals surface area (Å²) in [6.45, 7) is 0.356. The molecular formula is C22H19ClN4O4. The van der Waals surface area contributed by atoms with Gasteiger partial charge in [0.1, 0.15) is 0 Å². The van der Waals surface area contributed by atoms with Crippen LogP contribution >= 0.6 is 11.6 Å². The quantitative estimate of drug-likeness (QED) is 0.454. The molecule has 9 heteroatoms. The Morgan fingerprint density at radius 2 is 1.90 bits per heavy atom. The van der Waals surface area contributed by atoms with Gasteiger partial charge >= 0.3 is 0 Å². The first-order valence-electron chi connectivity index (χ1n) is 9.35. The summed E-state index contributed by atoms with van der Waals surface area (Å²) in [7, 11) is 3.04. The average Bonchev–Trinajstić information content (AvgIpc) is 3.47. The van der Waals surface area contributed by atoms with Crippen LogP contribution in [-0.4, -0.2) is 34.9 Å². The number of anilines is 1. The van der Waals surface area contributed by atoms with Gasteiger partial charge in [0.25, 0.3) is 5.91 Å². The van der Waals surface area contributed by atoms with E-state index in [1.165, 1.54) is 25.2 Å². The maximum absolute atomic E-state index is 13.3. The van der Waals surface area contributed by atoms with E-state index in [-0.39, 0.29) is 11.8 Å². The van der Waals surface area contributed by atoms with E-state index in [4.69, 9.17) is 25.5 Å². The second-order valence-electron chi connectivity index (χ2n) is 6.47. The number of hydrogen-bond acceptors (Lipinski definition) is 7. The standard InChI is InChI=1S/C22H19ClN4O4/c1-29-17-10-9-14(12-19(17)30-2)21(28)27-22(24-13-15-6-3-4-7-16(15)23)25-20(26-27)18-8-5-11-31-18/h3-12H,13H2,1-2H3,(H,24,25,26). The molecule has 0 fully saturated rings. The number of hydrogen-bond donors (Lipinski definition) is 1. The van der Waals surface area contributed by atoms with Gasteiger partial charge in [-0.2, -0.15) is 9.67 Å². The molecule has 158 valence electrons. The summed E-state index contributed by atoms with van der Waals surface area (Å²) in [6, 6.07) is 15.8. The Labute approximate surface area is 183 Å². The summed E-state index contributed by atoms with van der Waals surface area (Å²) in [5.74, 6) is 1.54. The van der Waals surface area contributed by atoms with E-state index < -0.39 is 5.91 Å². The second-order valence-corrected chi connectivity index (χ2v) is 6.88. The van der Waals surface area contributed by atoms with Crippen molar-refractivity contribution in [3.05, 3.63) is 77.0 Å². The van der Waals surface area contributed by atoms with E-state index in [9.17, 15) is 4.79 Å². The number of methoxy groups -OCH3 is 2. The molecule has 8 nitrogen and oxygen atoms in total. The molecule has 0 atom stereocenters. The molecule has 0 spiro atoms. The Morgan fingerprint density at radius 3 is 2.61 bits per heavy atom. The Kier molecular flexibility index (Phi) is 5.90. The van der Waals surface area contributed by atoms with E-state index in [1.807, 2.05) is 18.2 Å². The highest BCUT2D eigenvalue weighted by Gasteiger charge is 2.21. The van der Waals surface area contributed by atoms with Crippen LogP contribution in [-0.2, 0) is 6.54 Å². The molecule has 0 saturated carbocycles. The van der Waals surface area contributed by atoms with Gasteiger partial charge in [0.15, 0.2) is 17.3 Å². The zero-order valence-electron chi connectivity index (χ0n) is 16.8. The lowest BCUT2D eigenvalue weighted by Crippen LogP contribution is -2.17. The number of nitrogens with one attached hydrogen (secondary N) is 1. The first-order chi connectivity index (χ1) is 15.1. The average molecular weight is 439 g/mol. The van der Waals surface area contributed by atoms with Crippen molar-refractivity contribution in [1.29, 1.82) is 0 Å². The first-order valence-corrected chi connectivity index (χ1v) is 9.73. The number of ether oxygens (including phenoxy) is 2. The maximum Gasteiger partial charge on any atom is 0.281 e. The lowest BCUT2D eigenvalue weighted by molar-refractivity contribution is 0.0947. The van der Waals surface area contributed by atoms with Gasteiger partial charge in [0, 0.05) is 17.1 Å². The third kappa shape index (κ3) is 4.24. The van der Waals surface area contributed by atoms with Crippen molar-refractivity contribution in [2.24, 2.45) is 0 Å². The van der Waals surface area contributed by atoms with Crippen LogP contribution in [0.3, 0.4) is 0 Å². The smallest absolute Gasteiger partial charge is 0.281 e. The number of carbonyl (C=O) groups excluding carboxylic acids is 1. The van der Waals surface area contributed by atoms with Crippen molar-refractivity contribution < 1.29 is 18.7 Å². The van der Waals surface area contributed by atoms with E-state index in [1.54, 1.807) is 36.4 Å². The van der Waals surface area contributed by atoms with E-state index in [0.717, 1.165) is 5.56 Å². The summed E-state index contributed by atoms with van der Waals surface area (Å²) in [4.78, 5) is 17.7. The highest BCUT2D eigenvalue weighted by molar-refractivity contribution is 6.31. The fourth-order valence-corrected chi connectivity index (χ4v) is 3.19. The van der Waals surface area contributed by atoms with Crippen LogP contribution in [0.15, 0.2) is 65.3 Å². The molecule has 2 heterocycles. The molecule has 4 rings (SSSR count). The number of halogens is 1. The normalized spacial score (nSPS) is 10.7. The van der Waals surface area contributed by atoms with Gasteiger partial charge in [-0.15, -0.1) is 5.10 Å². The minimum absolute atomic E-state index is 0.256. The molecule has 1 N–H and O–H groups in total. The zero-order chi connectivity index (χ0) is 21.8. The second kappa shape index (κ2) is 8.93. The molecule has 4 aromatic rings. The van der Waals surface area contributed by atoms with Crippen molar-refractivity contribution in [2.75, 3.05) is 19.5 Å². The van der Waals surface area contributed by atoms with Crippen molar-refractivity contribution >= 4 is 23.5 Å². The predicted molar refractivity (Wildman–Crippen MR) is 116 cm³/mol. The maximum atomic E-state index is 13.3. The SMILES string of the molecule is COc1ccc(C(=O)n2nc(-c3ccco3)nc2NCc2ccccc2Cl)cc1OC. The fraction of sp³-hybridized carbons (Fsp3) is 0.136. The lowest BCUT2D eigenvalue weighted by atomic mass is 10.2. The van der Waals surface area contributed by atoms with Crippen LogP contribution in [0.4, 0.5) is 5.95 Å². The van der Waals surface area contributed by atoms with Crippen molar-refractivity contribution in [3.8, 4) is 23.1 Å². The molecule has 2 aromatic carbocycles. The molecule has 0 saturated heterocycles. The topological polar surface area (TPSA) is 91.4 Å². The molecular weight excluding hydrogens is 420 g/mol. The van der Waals surface area contributed by atoms with Crippen LogP contribution < -0.4 is 14.8 Å². The Hall–Kier alpha value is -3.78. The summed E-state index contributed by atoms with van der Waals surface area (Å²) in [5, 5.41) is 8.11. The minimum Gasteiger partial charge on any atom is -0.493 e. The molecule has 0 aliphatic carbocycles. The van der Waals surface area contributed by atoms with Crippen LogP contribution in [0.1, 0.15) is 15.9 Å². The Balaban J connectivity index is 1.70. The molecule has 0 unspecified atom stereocenters. The van der Waals surface area contributed by atoms with Gasteiger partial charge < -0.3 is 19.2 Å². The third-order valence-electron chi connectivity index (χ3n) is 4.57. The van der Waals surface area contributed by atoms with Gasteiger partial charge in [-0.25, -0.2) is 0 Å². The summed E-state index contributed by atoms with van der Waals surface area (Å²) in [5.41, 5.74) is 1.21. The molecule has 0 radical (unpaired) electrons. The largest absolute Gasteiger partial charge is 0.493 e. The molecule has 0 aliphatic heterocycles. The number of aromatic nitrogens is 3. The van der Waals surface area contributed by atoms with Crippen LogP contribution in [0.25, 0.3) is 11.6 Å². The van der Waals surface area contributed by atoms with Gasteiger partial charge in [0.2, 0.25) is 11.8 Å². The predicted octanol–water partition coefficient (Wildman–Crippen LogP) is 4.51. The van der Waals surface area contributed by atoms with Gasteiger partial charge in [-0.05, 0) is 42.0 Å². The van der Waals surface area contributed by atoms with Gasteiger partial charge in [-0.1, -0.05) is 29.8 Å². The van der Waals surface area contributed by atoms with Crippen molar-refractivity contribution in [1.82, 2.24) is 14.8 Å². The number of rotatable bonds is 7. The zero-order valence-corrected chi connectivity index (χ0v) is 17.6. The number of carbonyl (C=O) groups is 1. The molecule has 31 heavy (non-hydrogen) atoms. The molecule has 0 bridgehead atoms. The monoisotopic (exact) mass is 438 g/mol. The first kappa shape index (κ1) is 20.5. The Bertz CT molecular complexity index is 1200. The van der Waals surface area contributed by atoms with Crippen molar-refractivity contribution in [2.45, 2.75) is 6.54 Å². The van der Waals surface area contributed by atoms with Crippen LogP contribution in [0.2, 0.25) is 5.02 Å². The third-order valence-corrected chi connectivity index (χ3v) is 4.94. The van der Waals surface area contributed by atoms with Gasteiger partial charge in [-0.3, -0.25) is 4.79 Å². The molecule has 0 aliphatic rings. The van der Waals surface area contributed by atoms with E-state index >= 15 is 0 Å². The highest BCUT2D eigenvalue weighted by Crippen LogP contribution is 2.28. The summed E-state index contributed by atoms with van der Waals surface area (Å²) >= 11 is 6.25. The van der Waals surface area contributed by atoms with Gasteiger partial charge in [0.05, 0.1) is 20.5 Å². The van der Waals surface area contributed by atoms with Crippen molar-refractivity contribution in [3.63, 3.8) is 0 Å². The number of nitrogens with zero attached hydrogens (tertiary/aromatic N) is 3.